The van der Waals surface area contributed by atoms with Crippen LogP contribution >= 0.6 is 11.3 Å². The first-order valence-electron chi connectivity index (χ1n) is 8.94. The normalized spacial score (nSPS) is 13.8. The fourth-order valence-corrected chi connectivity index (χ4v) is 4.03. The molecule has 4 rings (SSSR count). The van der Waals surface area contributed by atoms with Crippen LogP contribution in [0.3, 0.4) is 0 Å². The van der Waals surface area contributed by atoms with Crippen molar-refractivity contribution in [3.63, 3.8) is 0 Å². The summed E-state index contributed by atoms with van der Waals surface area (Å²) in [6.45, 7) is 2.55. The topological polar surface area (TPSA) is 58.1 Å². The van der Waals surface area contributed by atoms with Crippen molar-refractivity contribution in [3.05, 3.63) is 42.2 Å². The number of fused-ring (bicyclic) bond motifs is 1. The first-order chi connectivity index (χ1) is 12.6. The lowest BCUT2D eigenvalue weighted by Crippen LogP contribution is -2.30. The smallest absolute Gasteiger partial charge is 0.221 e. The molecule has 2 aromatic heterocycles. The highest BCUT2D eigenvalue weighted by atomic mass is 32.1. The fourth-order valence-electron chi connectivity index (χ4n) is 2.95. The average molecular weight is 366 g/mol. The number of thiophene rings is 1. The van der Waals surface area contributed by atoms with Gasteiger partial charge < -0.3 is 10.2 Å². The second-order valence-corrected chi connectivity index (χ2v) is 7.83. The van der Waals surface area contributed by atoms with Crippen LogP contribution in [0.4, 0.5) is 5.82 Å². The Morgan fingerprint density at radius 3 is 2.77 bits per heavy atom. The molecule has 5 nitrogen and oxygen atoms in total. The van der Waals surface area contributed by atoms with Gasteiger partial charge in [-0.15, -0.1) is 11.3 Å². The molecule has 6 heteroatoms. The molecular formula is C20H22N4OS. The molecule has 134 valence electrons. The van der Waals surface area contributed by atoms with Crippen molar-refractivity contribution < 1.29 is 4.79 Å². The van der Waals surface area contributed by atoms with Crippen LogP contribution in [0, 0.1) is 6.92 Å². The zero-order valence-corrected chi connectivity index (χ0v) is 15.8. The molecule has 3 aromatic rings. The molecule has 1 fully saturated rings. The van der Waals surface area contributed by atoms with Gasteiger partial charge in [-0.25, -0.2) is 9.97 Å². The van der Waals surface area contributed by atoms with Gasteiger partial charge in [-0.2, -0.15) is 0 Å². The molecule has 0 atom stereocenters. The number of aryl methyl sites for hydroxylation is 1. The molecule has 1 amide bonds. The summed E-state index contributed by atoms with van der Waals surface area (Å²) in [6.07, 6.45) is 2.71. The number of rotatable bonds is 6. The summed E-state index contributed by atoms with van der Waals surface area (Å²) in [7, 11) is 1.99. The maximum absolute atomic E-state index is 12.0. The molecule has 1 aliphatic rings. The van der Waals surface area contributed by atoms with Crippen molar-refractivity contribution in [2.24, 2.45) is 0 Å². The Hall–Kier alpha value is -2.47. The quantitative estimate of drug-likeness (QED) is 0.721. The lowest BCUT2D eigenvalue weighted by molar-refractivity contribution is -0.121. The van der Waals surface area contributed by atoms with Crippen LogP contribution in [0.15, 0.2) is 36.4 Å². The number of nitrogens with zero attached hydrogens (tertiary/aromatic N) is 3. The van der Waals surface area contributed by atoms with Crippen molar-refractivity contribution in [1.82, 2.24) is 15.3 Å². The van der Waals surface area contributed by atoms with E-state index in [1.165, 1.54) is 10.4 Å². The minimum Gasteiger partial charge on any atom is -0.359 e. The molecule has 0 saturated heterocycles. The Labute approximate surface area is 157 Å². The van der Waals surface area contributed by atoms with E-state index in [1.54, 1.807) is 11.3 Å². The standard InChI is InChI=1S/C20H22N4OS/c1-13-21-19(24(2)11-10-18(25)23-15-8-9-15)16-12-17(26-20(16)22-13)14-6-4-3-5-7-14/h3-7,12,15H,8-11H2,1-2H3,(H,23,25). The summed E-state index contributed by atoms with van der Waals surface area (Å²) in [4.78, 5) is 25.5. The van der Waals surface area contributed by atoms with Crippen molar-refractivity contribution >= 4 is 33.3 Å². The van der Waals surface area contributed by atoms with Gasteiger partial charge in [0.05, 0.1) is 5.39 Å². The highest BCUT2D eigenvalue weighted by Crippen LogP contribution is 2.36. The van der Waals surface area contributed by atoms with Crippen LogP contribution in [0.1, 0.15) is 25.1 Å². The van der Waals surface area contributed by atoms with E-state index in [4.69, 9.17) is 0 Å². The molecular weight excluding hydrogens is 344 g/mol. The van der Waals surface area contributed by atoms with Crippen LogP contribution in [0.25, 0.3) is 20.7 Å². The number of benzene rings is 1. The molecule has 0 spiro atoms. The van der Waals surface area contributed by atoms with E-state index in [-0.39, 0.29) is 5.91 Å². The molecule has 2 heterocycles. The SMILES string of the molecule is Cc1nc(N(C)CCC(=O)NC2CC2)c2cc(-c3ccccc3)sc2n1. The van der Waals surface area contributed by atoms with Crippen LogP contribution in [-0.4, -0.2) is 35.5 Å². The van der Waals surface area contributed by atoms with Gasteiger partial charge in [-0.3, -0.25) is 4.79 Å². The Kier molecular flexibility index (Phi) is 4.59. The van der Waals surface area contributed by atoms with Gasteiger partial charge in [0.15, 0.2) is 0 Å². The average Bonchev–Trinajstić information content (AvgIpc) is 3.35. The number of hydrogen-bond acceptors (Lipinski definition) is 5. The van der Waals surface area contributed by atoms with E-state index in [2.05, 4.69) is 38.4 Å². The van der Waals surface area contributed by atoms with Crippen molar-refractivity contribution in [1.29, 1.82) is 0 Å². The fraction of sp³-hybridized carbons (Fsp3) is 0.350. The molecule has 1 aliphatic carbocycles. The number of aromatic nitrogens is 2. The number of nitrogens with one attached hydrogen (secondary N) is 1. The van der Waals surface area contributed by atoms with E-state index in [0.717, 1.165) is 34.7 Å². The lowest BCUT2D eigenvalue weighted by atomic mass is 10.2. The Bertz CT molecular complexity index is 934. The van der Waals surface area contributed by atoms with Gasteiger partial charge in [0.25, 0.3) is 0 Å². The third kappa shape index (κ3) is 3.70. The molecule has 0 radical (unpaired) electrons. The lowest BCUT2D eigenvalue weighted by Gasteiger charge is -2.19. The highest BCUT2D eigenvalue weighted by molar-refractivity contribution is 7.21. The monoisotopic (exact) mass is 366 g/mol. The van der Waals surface area contributed by atoms with Gasteiger partial charge in [-0.1, -0.05) is 30.3 Å². The first-order valence-corrected chi connectivity index (χ1v) is 9.76. The summed E-state index contributed by atoms with van der Waals surface area (Å²) in [5, 5.41) is 4.08. The molecule has 1 N–H and O–H groups in total. The van der Waals surface area contributed by atoms with Crippen LogP contribution in [0.5, 0.6) is 0 Å². The number of anilines is 1. The van der Waals surface area contributed by atoms with Crippen LogP contribution in [-0.2, 0) is 4.79 Å². The van der Waals surface area contributed by atoms with Gasteiger partial charge in [0, 0.05) is 30.9 Å². The van der Waals surface area contributed by atoms with Crippen molar-refractivity contribution in [2.45, 2.75) is 32.2 Å². The van der Waals surface area contributed by atoms with E-state index in [0.29, 0.717) is 19.0 Å². The summed E-state index contributed by atoms with van der Waals surface area (Å²) in [5.74, 6) is 1.77. The largest absolute Gasteiger partial charge is 0.359 e. The molecule has 0 bridgehead atoms. The molecule has 0 aliphatic heterocycles. The number of carbonyl (C=O) groups excluding carboxylic acids is 1. The summed E-state index contributed by atoms with van der Waals surface area (Å²) in [6, 6.07) is 12.9. The maximum atomic E-state index is 12.0. The van der Waals surface area contributed by atoms with Gasteiger partial charge in [0.2, 0.25) is 5.91 Å². The maximum Gasteiger partial charge on any atom is 0.221 e. The van der Waals surface area contributed by atoms with Crippen molar-refractivity contribution in [2.75, 3.05) is 18.5 Å². The zero-order chi connectivity index (χ0) is 18.1. The van der Waals surface area contributed by atoms with Crippen LogP contribution < -0.4 is 10.2 Å². The summed E-state index contributed by atoms with van der Waals surface area (Å²) < 4.78 is 0. The van der Waals surface area contributed by atoms with Gasteiger partial charge in [0.1, 0.15) is 16.5 Å². The van der Waals surface area contributed by atoms with E-state index in [9.17, 15) is 4.79 Å². The Morgan fingerprint density at radius 2 is 2.04 bits per heavy atom. The van der Waals surface area contributed by atoms with Crippen LogP contribution in [0.2, 0.25) is 0 Å². The van der Waals surface area contributed by atoms with Crippen molar-refractivity contribution in [3.8, 4) is 10.4 Å². The van der Waals surface area contributed by atoms with E-state index in [1.807, 2.05) is 32.2 Å². The number of amides is 1. The third-order valence-electron chi connectivity index (χ3n) is 4.52. The van der Waals surface area contributed by atoms with Gasteiger partial charge >= 0.3 is 0 Å². The van der Waals surface area contributed by atoms with Gasteiger partial charge in [-0.05, 0) is 31.4 Å². The minimum absolute atomic E-state index is 0.122. The first kappa shape index (κ1) is 17.0. The molecule has 26 heavy (non-hydrogen) atoms. The Balaban J connectivity index is 1.59. The van der Waals surface area contributed by atoms with E-state index < -0.39 is 0 Å². The zero-order valence-electron chi connectivity index (χ0n) is 15.0. The number of hydrogen-bond donors (Lipinski definition) is 1. The molecule has 0 unspecified atom stereocenters. The molecule has 1 saturated carbocycles. The Morgan fingerprint density at radius 1 is 1.27 bits per heavy atom. The predicted octanol–water partition coefficient (Wildman–Crippen LogP) is 3.77. The summed E-state index contributed by atoms with van der Waals surface area (Å²) in [5.41, 5.74) is 1.19. The predicted molar refractivity (Wildman–Crippen MR) is 107 cm³/mol. The van der Waals surface area contributed by atoms with E-state index >= 15 is 0 Å². The third-order valence-corrected chi connectivity index (χ3v) is 5.60. The number of carbonyl (C=O) groups is 1. The second-order valence-electron chi connectivity index (χ2n) is 6.80. The molecule has 1 aromatic carbocycles. The highest BCUT2D eigenvalue weighted by Gasteiger charge is 2.23. The summed E-state index contributed by atoms with van der Waals surface area (Å²) >= 11 is 1.68. The second kappa shape index (κ2) is 7.03. The minimum atomic E-state index is 0.122.